The molecule has 0 radical (unpaired) electrons. The molecule has 0 aliphatic carbocycles. The predicted molar refractivity (Wildman–Crippen MR) is 85.4 cm³/mol. The average Bonchev–Trinajstić information content (AvgIpc) is 2.72. The van der Waals surface area contributed by atoms with Gasteiger partial charge in [0, 0.05) is 14.9 Å². The van der Waals surface area contributed by atoms with E-state index in [-0.39, 0.29) is 6.04 Å². The lowest BCUT2D eigenvalue weighted by Crippen LogP contribution is -2.12. The highest BCUT2D eigenvalue weighted by Crippen LogP contribution is 2.38. The molecule has 0 saturated heterocycles. The van der Waals surface area contributed by atoms with Crippen LogP contribution in [0.25, 0.3) is 0 Å². The molecule has 1 unspecified atom stereocenters. The van der Waals surface area contributed by atoms with Crippen LogP contribution in [-0.2, 0) is 0 Å². The Balaban J connectivity index is 2.45. The van der Waals surface area contributed by atoms with Crippen molar-refractivity contribution in [2.75, 3.05) is 6.61 Å². The summed E-state index contributed by atoms with van der Waals surface area (Å²) in [4.78, 5) is 0.971. The Bertz CT molecular complexity index is 585. The molecule has 2 nitrogen and oxygen atoms in total. The molecule has 0 aliphatic rings. The standard InChI is InChI=1S/C14H15BrClNOS/c1-3-18-11-5-4-9(15)6-10(11)13(17)14-12(16)8(2)7-19-14/h4-7,13H,3,17H2,1-2H3. The van der Waals surface area contributed by atoms with Gasteiger partial charge in [0.15, 0.2) is 0 Å². The zero-order chi connectivity index (χ0) is 14.0. The van der Waals surface area contributed by atoms with Crippen LogP contribution < -0.4 is 10.5 Å². The molecule has 0 amide bonds. The molecule has 0 saturated carbocycles. The molecule has 2 rings (SSSR count). The molecule has 0 bridgehead atoms. The van der Waals surface area contributed by atoms with Gasteiger partial charge in [-0.2, -0.15) is 0 Å². The first-order valence-corrected chi connectivity index (χ1v) is 8.01. The molecule has 1 aromatic heterocycles. The zero-order valence-electron chi connectivity index (χ0n) is 10.7. The minimum atomic E-state index is -0.273. The van der Waals surface area contributed by atoms with Crippen molar-refractivity contribution in [3.05, 3.63) is 49.1 Å². The van der Waals surface area contributed by atoms with Crippen LogP contribution in [-0.4, -0.2) is 6.61 Å². The fourth-order valence-electron chi connectivity index (χ4n) is 1.85. The Morgan fingerprint density at radius 3 is 2.79 bits per heavy atom. The monoisotopic (exact) mass is 359 g/mol. The van der Waals surface area contributed by atoms with E-state index in [1.807, 2.05) is 37.4 Å². The second-order valence-electron chi connectivity index (χ2n) is 4.19. The second kappa shape index (κ2) is 6.27. The molecule has 5 heteroatoms. The normalized spacial score (nSPS) is 12.5. The number of thiophene rings is 1. The number of nitrogens with two attached hydrogens (primary N) is 1. The van der Waals surface area contributed by atoms with Crippen LogP contribution in [0.2, 0.25) is 5.02 Å². The van der Waals surface area contributed by atoms with E-state index < -0.39 is 0 Å². The lowest BCUT2D eigenvalue weighted by atomic mass is 10.0. The summed E-state index contributed by atoms with van der Waals surface area (Å²) in [6, 6.07) is 5.59. The van der Waals surface area contributed by atoms with Crippen LogP contribution in [0.1, 0.15) is 29.0 Å². The second-order valence-corrected chi connectivity index (χ2v) is 6.39. The Morgan fingerprint density at radius 2 is 2.21 bits per heavy atom. The summed E-state index contributed by atoms with van der Waals surface area (Å²) in [5, 5.41) is 2.77. The van der Waals surface area contributed by atoms with Crippen molar-refractivity contribution in [3.63, 3.8) is 0 Å². The minimum absolute atomic E-state index is 0.273. The maximum atomic E-state index is 6.36. The van der Waals surface area contributed by atoms with Gasteiger partial charge < -0.3 is 10.5 Å². The van der Waals surface area contributed by atoms with Gasteiger partial charge in [0.1, 0.15) is 5.75 Å². The number of ether oxygens (including phenoxy) is 1. The summed E-state index contributed by atoms with van der Waals surface area (Å²) in [6.07, 6.45) is 0. The van der Waals surface area contributed by atoms with Gasteiger partial charge >= 0.3 is 0 Å². The van der Waals surface area contributed by atoms with Crippen molar-refractivity contribution in [1.82, 2.24) is 0 Å². The molecule has 0 spiro atoms. The third-order valence-electron chi connectivity index (χ3n) is 2.81. The molecule has 1 aromatic carbocycles. The number of aryl methyl sites for hydroxylation is 1. The van der Waals surface area contributed by atoms with E-state index >= 15 is 0 Å². The first kappa shape index (κ1) is 14.9. The Kier molecular flexibility index (Phi) is 4.90. The molecule has 0 aliphatic heterocycles. The Labute approximate surface area is 130 Å². The maximum absolute atomic E-state index is 6.36. The van der Waals surface area contributed by atoms with E-state index in [9.17, 15) is 0 Å². The third-order valence-corrected chi connectivity index (χ3v) is 5.10. The van der Waals surface area contributed by atoms with Crippen molar-refractivity contribution in [2.24, 2.45) is 5.73 Å². The first-order chi connectivity index (χ1) is 9.04. The summed E-state index contributed by atoms with van der Waals surface area (Å²) in [5.41, 5.74) is 8.36. The summed E-state index contributed by atoms with van der Waals surface area (Å²) in [6.45, 7) is 4.55. The third kappa shape index (κ3) is 3.14. The molecule has 19 heavy (non-hydrogen) atoms. The quantitative estimate of drug-likeness (QED) is 0.840. The van der Waals surface area contributed by atoms with E-state index in [1.165, 1.54) is 0 Å². The van der Waals surface area contributed by atoms with Crippen LogP contribution in [0.3, 0.4) is 0 Å². The van der Waals surface area contributed by atoms with Gasteiger partial charge in [0.05, 0.1) is 17.7 Å². The summed E-state index contributed by atoms with van der Waals surface area (Å²) in [5.74, 6) is 0.806. The number of hydrogen-bond acceptors (Lipinski definition) is 3. The summed E-state index contributed by atoms with van der Waals surface area (Å²) >= 11 is 11.4. The molecule has 1 heterocycles. The van der Waals surface area contributed by atoms with Crippen LogP contribution >= 0.6 is 38.9 Å². The van der Waals surface area contributed by atoms with E-state index in [0.717, 1.165) is 31.2 Å². The van der Waals surface area contributed by atoms with E-state index in [0.29, 0.717) is 6.61 Å². The predicted octanol–water partition coefficient (Wildman–Crippen LogP) is 4.92. The van der Waals surface area contributed by atoms with Gasteiger partial charge in [0.2, 0.25) is 0 Å². The highest BCUT2D eigenvalue weighted by molar-refractivity contribution is 9.10. The van der Waals surface area contributed by atoms with Crippen molar-refractivity contribution in [3.8, 4) is 5.75 Å². The summed E-state index contributed by atoms with van der Waals surface area (Å²) < 4.78 is 6.62. The van der Waals surface area contributed by atoms with Gasteiger partial charge in [-0.15, -0.1) is 11.3 Å². The molecule has 2 aromatic rings. The van der Waals surface area contributed by atoms with Crippen molar-refractivity contribution in [1.29, 1.82) is 0 Å². The molecular weight excluding hydrogens is 346 g/mol. The van der Waals surface area contributed by atoms with E-state index in [4.69, 9.17) is 22.1 Å². The Morgan fingerprint density at radius 1 is 1.47 bits per heavy atom. The number of rotatable bonds is 4. The topological polar surface area (TPSA) is 35.2 Å². The smallest absolute Gasteiger partial charge is 0.124 e. The maximum Gasteiger partial charge on any atom is 0.124 e. The Hall–Kier alpha value is -0.550. The SMILES string of the molecule is CCOc1ccc(Br)cc1C(N)c1scc(C)c1Cl. The van der Waals surface area contributed by atoms with Crippen molar-refractivity contribution in [2.45, 2.75) is 19.9 Å². The highest BCUT2D eigenvalue weighted by atomic mass is 79.9. The van der Waals surface area contributed by atoms with E-state index in [1.54, 1.807) is 11.3 Å². The lowest BCUT2D eigenvalue weighted by Gasteiger charge is -2.16. The van der Waals surface area contributed by atoms with Gasteiger partial charge in [-0.25, -0.2) is 0 Å². The molecule has 2 N–H and O–H groups in total. The van der Waals surface area contributed by atoms with Gasteiger partial charge in [-0.3, -0.25) is 0 Å². The van der Waals surface area contributed by atoms with E-state index in [2.05, 4.69) is 15.9 Å². The zero-order valence-corrected chi connectivity index (χ0v) is 13.9. The minimum Gasteiger partial charge on any atom is -0.494 e. The van der Waals surface area contributed by atoms with Gasteiger partial charge in [-0.1, -0.05) is 27.5 Å². The van der Waals surface area contributed by atoms with Crippen LogP contribution in [0, 0.1) is 6.92 Å². The number of halogens is 2. The van der Waals surface area contributed by atoms with Crippen molar-refractivity contribution >= 4 is 38.9 Å². The molecule has 1 atom stereocenters. The van der Waals surface area contributed by atoms with Gasteiger partial charge in [-0.05, 0) is 43.0 Å². The molecule has 102 valence electrons. The average molecular weight is 361 g/mol. The van der Waals surface area contributed by atoms with Crippen LogP contribution in [0.15, 0.2) is 28.1 Å². The van der Waals surface area contributed by atoms with Crippen LogP contribution in [0.4, 0.5) is 0 Å². The molecular formula is C14H15BrClNOS. The lowest BCUT2D eigenvalue weighted by molar-refractivity contribution is 0.335. The molecule has 0 fully saturated rings. The summed E-state index contributed by atoms with van der Waals surface area (Å²) in [7, 11) is 0. The fraction of sp³-hybridized carbons (Fsp3) is 0.286. The van der Waals surface area contributed by atoms with Crippen LogP contribution in [0.5, 0.6) is 5.75 Å². The first-order valence-electron chi connectivity index (χ1n) is 5.96. The largest absolute Gasteiger partial charge is 0.494 e. The number of benzene rings is 1. The van der Waals surface area contributed by atoms with Crippen molar-refractivity contribution < 1.29 is 4.74 Å². The fourth-order valence-corrected chi connectivity index (χ4v) is 3.56. The highest BCUT2D eigenvalue weighted by Gasteiger charge is 2.20. The number of hydrogen-bond donors (Lipinski definition) is 1. The van der Waals surface area contributed by atoms with Gasteiger partial charge in [0.25, 0.3) is 0 Å².